The molecule has 2 aromatic heterocycles. The fourth-order valence-corrected chi connectivity index (χ4v) is 6.13. The van der Waals surface area contributed by atoms with Crippen LogP contribution in [0.15, 0.2) is 4.42 Å². The number of rotatable bonds is 1. The number of hydrogen-bond donors (Lipinski definition) is 0. The van der Waals surface area contributed by atoms with Crippen LogP contribution < -0.4 is 0 Å². The molecule has 5 rings (SSSR count). The summed E-state index contributed by atoms with van der Waals surface area (Å²) in [5.41, 5.74) is 3.33. The summed E-state index contributed by atoms with van der Waals surface area (Å²) in [5, 5.41) is 13.2. The molecule has 0 amide bonds. The highest BCUT2D eigenvalue weighted by atomic mass is 16.7. The van der Waals surface area contributed by atoms with Gasteiger partial charge in [-0.2, -0.15) is 5.10 Å². The van der Waals surface area contributed by atoms with Gasteiger partial charge in [0.15, 0.2) is 5.79 Å². The summed E-state index contributed by atoms with van der Waals surface area (Å²) in [6.07, 6.45) is 3.95. The Morgan fingerprint density at radius 2 is 1.81 bits per heavy atom. The number of nitrogens with zero attached hydrogens (tertiary/aromatic N) is 4. The second-order valence-electron chi connectivity index (χ2n) is 9.11. The predicted octanol–water partition coefficient (Wildman–Crippen LogP) is 3.16. The molecular formula is C20H28N4O3. The average Bonchev–Trinajstić information content (AvgIpc) is 3.31. The van der Waals surface area contributed by atoms with E-state index in [1.807, 2.05) is 18.7 Å². The lowest BCUT2D eigenvalue weighted by molar-refractivity contribution is -0.276. The van der Waals surface area contributed by atoms with E-state index in [1.54, 1.807) is 0 Å². The number of ether oxygens (including phenoxy) is 2. The summed E-state index contributed by atoms with van der Waals surface area (Å²) in [6.45, 7) is 10.2. The highest BCUT2D eigenvalue weighted by molar-refractivity contribution is 5.58. The van der Waals surface area contributed by atoms with Gasteiger partial charge in [-0.25, -0.2) is 0 Å². The quantitative estimate of drug-likeness (QED) is 0.765. The Morgan fingerprint density at radius 3 is 2.48 bits per heavy atom. The molecule has 3 aliphatic rings. The van der Waals surface area contributed by atoms with Gasteiger partial charge in [-0.3, -0.25) is 4.68 Å². The van der Waals surface area contributed by atoms with Gasteiger partial charge in [0.05, 0.1) is 18.9 Å². The maximum atomic E-state index is 6.20. The number of hydrogen-bond acceptors (Lipinski definition) is 6. The SMILES string of the molecule is Cc1nnc(-c2c3c(nn2C)C2(C)CCC4(OCCO4)C(C)(C)C2CC3)o1. The van der Waals surface area contributed by atoms with Crippen LogP contribution in [0.3, 0.4) is 0 Å². The second kappa shape index (κ2) is 5.41. The van der Waals surface area contributed by atoms with Crippen molar-refractivity contribution in [2.24, 2.45) is 18.4 Å². The molecule has 0 aromatic carbocycles. The largest absolute Gasteiger partial charge is 0.420 e. The van der Waals surface area contributed by atoms with E-state index < -0.39 is 5.79 Å². The highest BCUT2D eigenvalue weighted by Crippen LogP contribution is 2.62. The molecule has 1 spiro atoms. The molecule has 0 bridgehead atoms. The Hall–Kier alpha value is -1.73. The Labute approximate surface area is 159 Å². The van der Waals surface area contributed by atoms with Gasteiger partial charge in [-0.15, -0.1) is 10.2 Å². The minimum Gasteiger partial charge on any atom is -0.420 e. The number of aryl methyl sites for hydroxylation is 2. The van der Waals surface area contributed by atoms with Gasteiger partial charge in [0, 0.05) is 36.8 Å². The lowest BCUT2D eigenvalue weighted by Crippen LogP contribution is -2.61. The third-order valence-electron chi connectivity index (χ3n) is 7.45. The third kappa shape index (κ3) is 2.12. The van der Waals surface area contributed by atoms with Crippen LogP contribution in [-0.2, 0) is 28.4 Å². The molecule has 146 valence electrons. The predicted molar refractivity (Wildman–Crippen MR) is 98.1 cm³/mol. The van der Waals surface area contributed by atoms with E-state index in [0.29, 0.717) is 30.9 Å². The summed E-state index contributed by atoms with van der Waals surface area (Å²) >= 11 is 0. The van der Waals surface area contributed by atoms with Crippen molar-refractivity contribution in [2.45, 2.75) is 64.6 Å². The van der Waals surface area contributed by atoms with Crippen LogP contribution in [0.25, 0.3) is 11.6 Å². The maximum Gasteiger partial charge on any atom is 0.266 e. The Balaban J connectivity index is 1.61. The molecule has 2 fully saturated rings. The first-order valence-electron chi connectivity index (χ1n) is 9.93. The molecule has 0 radical (unpaired) electrons. The Bertz CT molecular complexity index is 893. The van der Waals surface area contributed by atoms with Gasteiger partial charge in [-0.1, -0.05) is 20.8 Å². The van der Waals surface area contributed by atoms with Crippen LogP contribution in [0.5, 0.6) is 0 Å². The van der Waals surface area contributed by atoms with Gasteiger partial charge in [0.2, 0.25) is 5.89 Å². The standard InChI is InChI=1S/C20H28N4O3/c1-12-21-22-17(27-12)15-13-6-7-14-18(2,3)20(25-10-11-26-20)9-8-19(14,4)16(13)23-24(15)5/h14H,6-11H2,1-5H3. The first-order valence-corrected chi connectivity index (χ1v) is 9.93. The van der Waals surface area contributed by atoms with Gasteiger partial charge >= 0.3 is 0 Å². The molecule has 1 saturated carbocycles. The van der Waals surface area contributed by atoms with Crippen molar-refractivity contribution < 1.29 is 13.9 Å². The highest BCUT2D eigenvalue weighted by Gasteiger charge is 2.64. The maximum absolute atomic E-state index is 6.20. The lowest BCUT2D eigenvalue weighted by atomic mass is 9.49. The summed E-state index contributed by atoms with van der Waals surface area (Å²) < 4.78 is 20.1. The van der Waals surface area contributed by atoms with Crippen molar-refractivity contribution in [3.8, 4) is 11.6 Å². The van der Waals surface area contributed by atoms with E-state index in [9.17, 15) is 0 Å². The Kier molecular flexibility index (Phi) is 3.48. The van der Waals surface area contributed by atoms with Gasteiger partial charge < -0.3 is 13.9 Å². The van der Waals surface area contributed by atoms with E-state index in [0.717, 1.165) is 31.4 Å². The topological polar surface area (TPSA) is 75.2 Å². The Morgan fingerprint density at radius 1 is 1.07 bits per heavy atom. The molecule has 2 aliphatic carbocycles. The fraction of sp³-hybridized carbons (Fsp3) is 0.750. The zero-order chi connectivity index (χ0) is 19.0. The fourth-order valence-electron chi connectivity index (χ4n) is 6.13. The van der Waals surface area contributed by atoms with Crippen LogP contribution in [-0.4, -0.2) is 39.0 Å². The molecular weight excluding hydrogens is 344 g/mol. The first kappa shape index (κ1) is 17.4. The lowest BCUT2D eigenvalue weighted by Gasteiger charge is -2.59. The molecule has 3 heterocycles. The molecule has 2 unspecified atom stereocenters. The molecule has 7 nitrogen and oxygen atoms in total. The molecule has 1 aliphatic heterocycles. The minimum atomic E-state index is -0.449. The van der Waals surface area contributed by atoms with Crippen LogP contribution in [0, 0.1) is 18.3 Å². The van der Waals surface area contributed by atoms with Gasteiger partial charge in [0.25, 0.3) is 5.89 Å². The van der Waals surface area contributed by atoms with Crippen molar-refractivity contribution in [1.82, 2.24) is 20.0 Å². The van der Waals surface area contributed by atoms with E-state index in [-0.39, 0.29) is 10.8 Å². The second-order valence-corrected chi connectivity index (χ2v) is 9.11. The van der Waals surface area contributed by atoms with Gasteiger partial charge in [0.1, 0.15) is 5.69 Å². The summed E-state index contributed by atoms with van der Waals surface area (Å²) in [4.78, 5) is 0. The van der Waals surface area contributed by atoms with Crippen molar-refractivity contribution in [2.75, 3.05) is 13.2 Å². The van der Waals surface area contributed by atoms with Crippen molar-refractivity contribution >= 4 is 0 Å². The van der Waals surface area contributed by atoms with E-state index in [1.165, 1.54) is 11.3 Å². The van der Waals surface area contributed by atoms with Crippen LogP contribution in [0.1, 0.15) is 57.2 Å². The van der Waals surface area contributed by atoms with E-state index in [2.05, 4.69) is 31.0 Å². The van der Waals surface area contributed by atoms with Gasteiger partial charge in [-0.05, 0) is 25.2 Å². The van der Waals surface area contributed by atoms with Crippen molar-refractivity contribution in [3.05, 3.63) is 17.1 Å². The zero-order valence-electron chi connectivity index (χ0n) is 16.8. The van der Waals surface area contributed by atoms with E-state index >= 15 is 0 Å². The van der Waals surface area contributed by atoms with Crippen LogP contribution in [0.4, 0.5) is 0 Å². The monoisotopic (exact) mass is 372 g/mol. The van der Waals surface area contributed by atoms with Crippen LogP contribution in [0.2, 0.25) is 0 Å². The summed E-state index contributed by atoms with van der Waals surface area (Å²) in [7, 11) is 1.98. The van der Waals surface area contributed by atoms with Crippen molar-refractivity contribution in [3.63, 3.8) is 0 Å². The van der Waals surface area contributed by atoms with Crippen LogP contribution >= 0.6 is 0 Å². The molecule has 2 atom stereocenters. The smallest absolute Gasteiger partial charge is 0.266 e. The van der Waals surface area contributed by atoms with Crippen molar-refractivity contribution in [1.29, 1.82) is 0 Å². The third-order valence-corrected chi connectivity index (χ3v) is 7.45. The zero-order valence-corrected chi connectivity index (χ0v) is 16.8. The minimum absolute atomic E-state index is 0.0112. The molecule has 0 N–H and O–H groups in total. The van der Waals surface area contributed by atoms with E-state index in [4.69, 9.17) is 19.0 Å². The summed E-state index contributed by atoms with van der Waals surface area (Å²) in [5.74, 6) is 1.14. The molecule has 7 heteroatoms. The summed E-state index contributed by atoms with van der Waals surface area (Å²) in [6, 6.07) is 0. The molecule has 1 saturated heterocycles. The average molecular weight is 372 g/mol. The first-order chi connectivity index (χ1) is 12.8. The normalized spacial score (nSPS) is 31.1. The number of fused-ring (bicyclic) bond motifs is 3. The molecule has 27 heavy (non-hydrogen) atoms. The molecule has 2 aromatic rings. The number of aromatic nitrogens is 4.